The molecular weight excluding hydrogens is 368 g/mol. The molecule has 0 unspecified atom stereocenters. The van der Waals surface area contributed by atoms with Crippen molar-refractivity contribution >= 4 is 23.9 Å². The lowest BCUT2D eigenvalue weighted by molar-refractivity contribution is -0.140. The Bertz CT molecular complexity index is 613. The SMILES string of the molecule is CC(=O)OCC1=C/C(COC(C)=O)=C\C(COC(C)=O)=C/C(COC(C)=O)=C1. The summed E-state index contributed by atoms with van der Waals surface area (Å²) in [5.41, 5.74) is 2.44. The van der Waals surface area contributed by atoms with Gasteiger partial charge in [-0.2, -0.15) is 0 Å². The van der Waals surface area contributed by atoms with Crippen LogP contribution in [0.3, 0.4) is 0 Å². The van der Waals surface area contributed by atoms with Crippen molar-refractivity contribution in [2.45, 2.75) is 27.7 Å². The van der Waals surface area contributed by atoms with Gasteiger partial charge in [-0.1, -0.05) is 0 Å². The third kappa shape index (κ3) is 10.1. The van der Waals surface area contributed by atoms with E-state index in [-0.39, 0.29) is 26.4 Å². The van der Waals surface area contributed by atoms with Crippen LogP contribution in [0, 0.1) is 0 Å². The lowest BCUT2D eigenvalue weighted by atomic mass is 10.0. The van der Waals surface area contributed by atoms with E-state index in [2.05, 4.69) is 0 Å². The molecule has 0 saturated carbocycles. The van der Waals surface area contributed by atoms with Gasteiger partial charge in [-0.25, -0.2) is 0 Å². The lowest BCUT2D eigenvalue weighted by Crippen LogP contribution is -2.10. The Morgan fingerprint density at radius 1 is 0.500 bits per heavy atom. The van der Waals surface area contributed by atoms with Crippen molar-refractivity contribution in [3.8, 4) is 0 Å². The summed E-state index contributed by atoms with van der Waals surface area (Å²) < 4.78 is 20.2. The van der Waals surface area contributed by atoms with Gasteiger partial charge in [-0.15, -0.1) is 0 Å². The molecule has 0 saturated heterocycles. The Balaban J connectivity index is 3.22. The number of carbonyl (C=O) groups excluding carboxylic acids is 4. The van der Waals surface area contributed by atoms with Crippen LogP contribution in [0.15, 0.2) is 46.6 Å². The zero-order valence-corrected chi connectivity index (χ0v) is 16.4. The molecule has 0 aromatic carbocycles. The maximum absolute atomic E-state index is 11.2. The Labute approximate surface area is 163 Å². The van der Waals surface area contributed by atoms with Crippen LogP contribution in [0.1, 0.15) is 27.7 Å². The summed E-state index contributed by atoms with van der Waals surface area (Å²) in [6, 6.07) is 0. The molecule has 0 aliphatic heterocycles. The average molecular weight is 392 g/mol. The van der Waals surface area contributed by atoms with E-state index in [4.69, 9.17) is 18.9 Å². The number of carbonyl (C=O) groups is 4. The van der Waals surface area contributed by atoms with Gasteiger partial charge in [0.25, 0.3) is 0 Å². The van der Waals surface area contributed by atoms with Gasteiger partial charge in [0.1, 0.15) is 26.4 Å². The summed E-state index contributed by atoms with van der Waals surface area (Å²) in [6.07, 6.45) is 6.78. The van der Waals surface area contributed by atoms with E-state index in [1.165, 1.54) is 27.7 Å². The minimum absolute atomic E-state index is 0.0105. The fourth-order valence-corrected chi connectivity index (χ4v) is 2.19. The van der Waals surface area contributed by atoms with Crippen molar-refractivity contribution in [2.75, 3.05) is 26.4 Å². The predicted octanol–water partition coefficient (Wildman–Crippen LogP) is 1.96. The van der Waals surface area contributed by atoms with E-state index in [0.29, 0.717) is 22.3 Å². The van der Waals surface area contributed by atoms with Crippen molar-refractivity contribution in [3.05, 3.63) is 46.6 Å². The summed E-state index contributed by atoms with van der Waals surface area (Å²) in [7, 11) is 0. The first-order valence-corrected chi connectivity index (χ1v) is 8.51. The smallest absolute Gasteiger partial charge is 0.302 e. The molecule has 0 amide bonds. The van der Waals surface area contributed by atoms with Crippen LogP contribution < -0.4 is 0 Å². The molecule has 8 nitrogen and oxygen atoms in total. The molecular formula is C20H24O8. The van der Waals surface area contributed by atoms with Crippen molar-refractivity contribution in [1.82, 2.24) is 0 Å². The van der Waals surface area contributed by atoms with E-state index in [9.17, 15) is 19.2 Å². The van der Waals surface area contributed by atoms with E-state index in [1.807, 2.05) is 0 Å². The molecule has 0 aromatic heterocycles. The molecule has 0 heterocycles. The maximum atomic E-state index is 11.2. The van der Waals surface area contributed by atoms with Crippen molar-refractivity contribution in [3.63, 3.8) is 0 Å². The first kappa shape index (κ1) is 22.9. The van der Waals surface area contributed by atoms with Gasteiger partial charge in [0.05, 0.1) is 0 Å². The molecule has 152 valence electrons. The zero-order chi connectivity index (χ0) is 21.1. The van der Waals surface area contributed by atoms with E-state index < -0.39 is 23.9 Å². The summed E-state index contributed by atoms with van der Waals surface area (Å²) in [5, 5.41) is 0. The molecule has 28 heavy (non-hydrogen) atoms. The monoisotopic (exact) mass is 392 g/mol. The quantitative estimate of drug-likeness (QED) is 0.456. The Morgan fingerprint density at radius 2 is 0.679 bits per heavy atom. The van der Waals surface area contributed by atoms with Gasteiger partial charge in [-0.3, -0.25) is 19.2 Å². The van der Waals surface area contributed by atoms with Crippen molar-refractivity contribution in [2.24, 2.45) is 0 Å². The van der Waals surface area contributed by atoms with Crippen molar-refractivity contribution in [1.29, 1.82) is 0 Å². The molecule has 8 heteroatoms. The summed E-state index contributed by atoms with van der Waals surface area (Å²) in [6.45, 7) is 5.12. The largest absolute Gasteiger partial charge is 0.461 e. The molecule has 0 spiro atoms. The standard InChI is InChI=1S/C20H24O8/c1-13(21)25-9-17-5-18(10-26-14(2)22)7-20(12-28-16(4)24)8-19(6-17)11-27-15(3)23/h5-8H,9-12H2,1-4H3/b17-5+,17-6?,18-5?,18-7+,19-6?,19-8?,20-7?,20-8?. The van der Waals surface area contributed by atoms with E-state index >= 15 is 0 Å². The number of ether oxygens (including phenoxy) is 4. The Kier molecular flexibility index (Phi) is 9.42. The Morgan fingerprint density at radius 3 is 0.821 bits per heavy atom. The van der Waals surface area contributed by atoms with Gasteiger partial charge >= 0.3 is 23.9 Å². The minimum atomic E-state index is -0.450. The summed E-state index contributed by atoms with van der Waals surface area (Å²) in [4.78, 5) is 44.6. The molecule has 0 radical (unpaired) electrons. The second-order valence-electron chi connectivity index (χ2n) is 6.00. The van der Waals surface area contributed by atoms with E-state index in [1.54, 1.807) is 24.3 Å². The van der Waals surface area contributed by atoms with Crippen molar-refractivity contribution < 1.29 is 38.1 Å². The summed E-state index contributed by atoms with van der Waals surface area (Å²) >= 11 is 0. The van der Waals surface area contributed by atoms with Crippen LogP contribution in [0.25, 0.3) is 0 Å². The van der Waals surface area contributed by atoms with Gasteiger partial charge < -0.3 is 18.9 Å². The number of hydrogen-bond donors (Lipinski definition) is 0. The van der Waals surface area contributed by atoms with Crippen LogP contribution >= 0.6 is 0 Å². The first-order valence-electron chi connectivity index (χ1n) is 8.51. The normalized spacial score (nSPS) is 17.3. The Hall–Kier alpha value is -3.16. The topological polar surface area (TPSA) is 105 Å². The second-order valence-corrected chi connectivity index (χ2v) is 6.00. The molecule has 0 N–H and O–H groups in total. The molecule has 0 atom stereocenters. The van der Waals surface area contributed by atoms with E-state index in [0.717, 1.165) is 0 Å². The molecule has 0 fully saturated rings. The van der Waals surface area contributed by atoms with Crippen LogP contribution in [0.2, 0.25) is 0 Å². The van der Waals surface area contributed by atoms with Gasteiger partial charge in [0.15, 0.2) is 0 Å². The maximum Gasteiger partial charge on any atom is 0.302 e. The highest BCUT2D eigenvalue weighted by molar-refractivity contribution is 5.68. The fourth-order valence-electron chi connectivity index (χ4n) is 2.19. The number of esters is 4. The van der Waals surface area contributed by atoms with Gasteiger partial charge in [0, 0.05) is 27.7 Å². The number of rotatable bonds is 8. The minimum Gasteiger partial charge on any atom is -0.461 e. The van der Waals surface area contributed by atoms with Crippen LogP contribution in [0.4, 0.5) is 0 Å². The highest BCUT2D eigenvalue weighted by atomic mass is 16.5. The molecule has 0 aromatic rings. The lowest BCUT2D eigenvalue weighted by Gasteiger charge is -2.14. The highest BCUT2D eigenvalue weighted by Crippen LogP contribution is 2.18. The first-order chi connectivity index (χ1) is 13.2. The van der Waals surface area contributed by atoms with Crippen LogP contribution in [-0.2, 0) is 38.1 Å². The molecule has 0 bridgehead atoms. The molecule has 1 aliphatic carbocycles. The summed E-state index contributed by atoms with van der Waals surface area (Å²) in [5.74, 6) is -1.80. The van der Waals surface area contributed by atoms with Crippen LogP contribution in [-0.4, -0.2) is 50.3 Å². The second kappa shape index (κ2) is 11.5. The average Bonchev–Trinajstić information content (AvgIpc) is 2.57. The third-order valence-corrected chi connectivity index (χ3v) is 3.25. The fraction of sp³-hybridized carbons (Fsp3) is 0.400. The third-order valence-electron chi connectivity index (χ3n) is 3.25. The van der Waals surface area contributed by atoms with Crippen LogP contribution in [0.5, 0.6) is 0 Å². The van der Waals surface area contributed by atoms with Gasteiger partial charge in [0.2, 0.25) is 0 Å². The van der Waals surface area contributed by atoms with Gasteiger partial charge in [-0.05, 0) is 46.6 Å². The predicted molar refractivity (Wildman–Crippen MR) is 98.9 cm³/mol. The highest BCUT2D eigenvalue weighted by Gasteiger charge is 2.11. The molecule has 1 rings (SSSR count). The molecule has 1 aliphatic rings. The zero-order valence-electron chi connectivity index (χ0n) is 16.4. The number of hydrogen-bond acceptors (Lipinski definition) is 8.